The number of nitrogens with zero attached hydrogens (tertiary/aromatic N) is 4. The van der Waals surface area contributed by atoms with E-state index in [1.807, 2.05) is 6.92 Å². The topological polar surface area (TPSA) is 89.9 Å². The number of rotatable bonds is 4. The van der Waals surface area contributed by atoms with Gasteiger partial charge in [0.25, 0.3) is 5.91 Å². The smallest absolute Gasteiger partial charge is 0.259 e. The van der Waals surface area contributed by atoms with Crippen molar-refractivity contribution in [1.29, 1.82) is 0 Å². The molecule has 1 fully saturated rings. The van der Waals surface area contributed by atoms with Crippen LogP contribution in [0, 0.1) is 6.92 Å². The molecule has 0 unspecified atom stereocenters. The Labute approximate surface area is 181 Å². The molecule has 0 atom stereocenters. The van der Waals surface area contributed by atoms with Crippen molar-refractivity contribution in [3.63, 3.8) is 0 Å². The lowest BCUT2D eigenvalue weighted by Crippen LogP contribution is -2.14. The van der Waals surface area contributed by atoms with E-state index in [2.05, 4.69) is 25.5 Å². The third-order valence-electron chi connectivity index (χ3n) is 3.56. The summed E-state index contributed by atoms with van der Waals surface area (Å²) in [5, 5.41) is 10.9. The summed E-state index contributed by atoms with van der Waals surface area (Å²) in [6.07, 6.45) is 7.52. The first-order chi connectivity index (χ1) is 14.5. The van der Waals surface area contributed by atoms with Gasteiger partial charge in [0, 0.05) is 23.0 Å². The number of pyridine rings is 2. The van der Waals surface area contributed by atoms with Crippen molar-refractivity contribution in [2.45, 2.75) is 26.2 Å². The van der Waals surface area contributed by atoms with Crippen LogP contribution in [0.5, 0.6) is 5.75 Å². The van der Waals surface area contributed by atoms with Crippen LogP contribution >= 0.6 is 22.9 Å². The zero-order valence-electron chi connectivity index (χ0n) is 16.4. The first-order valence-electron chi connectivity index (χ1n) is 8.86. The molecule has 0 aromatic carbocycles. The Morgan fingerprint density at radius 1 is 1.20 bits per heavy atom. The Balaban J connectivity index is 0.000000467. The molecule has 1 aliphatic rings. The van der Waals surface area contributed by atoms with Gasteiger partial charge in [-0.25, -0.2) is 13.8 Å². The maximum atomic E-state index is 12.6. The molecule has 3 heterocycles. The number of nitrogens with one attached hydrogen (secondary N) is 1. The van der Waals surface area contributed by atoms with Gasteiger partial charge < -0.3 is 4.74 Å². The van der Waals surface area contributed by atoms with Gasteiger partial charge in [0.05, 0.1) is 18.9 Å². The minimum Gasteiger partial charge on any atom is -0.494 e. The lowest BCUT2D eigenvalue weighted by molar-refractivity contribution is 0.102. The van der Waals surface area contributed by atoms with Crippen LogP contribution in [0.25, 0.3) is 11.1 Å². The highest BCUT2D eigenvalue weighted by molar-refractivity contribution is 7.13. The van der Waals surface area contributed by atoms with Gasteiger partial charge in [-0.3, -0.25) is 15.1 Å². The van der Waals surface area contributed by atoms with Crippen molar-refractivity contribution >= 4 is 34.0 Å². The summed E-state index contributed by atoms with van der Waals surface area (Å²) in [5.41, 5.74) is 3.97. The van der Waals surface area contributed by atoms with Crippen molar-refractivity contribution < 1.29 is 18.3 Å². The Morgan fingerprint density at radius 3 is 2.47 bits per heavy atom. The molecule has 160 valence electrons. The second kappa shape index (κ2) is 12.1. The number of aryl methyl sites for hydroxylation is 1. The quantitative estimate of drug-likeness (QED) is 0.539. The summed E-state index contributed by atoms with van der Waals surface area (Å²) in [7, 11) is 1.53. The number of amides is 1. The number of methoxy groups -OCH3 is 1. The van der Waals surface area contributed by atoms with Crippen LogP contribution in [0.1, 0.15) is 35.3 Å². The van der Waals surface area contributed by atoms with Crippen molar-refractivity contribution in [2.24, 2.45) is 0 Å². The number of aromatic nitrogens is 4. The van der Waals surface area contributed by atoms with Crippen LogP contribution in [-0.4, -0.2) is 40.1 Å². The molecule has 0 spiro atoms. The molecular formula is C19H20ClF2N5O2S. The number of anilines is 1. The number of hydrogen-bond acceptors (Lipinski definition) is 7. The number of carbonyl (C=O) groups is 1. The largest absolute Gasteiger partial charge is 0.494 e. The molecule has 1 amide bonds. The van der Waals surface area contributed by atoms with E-state index >= 15 is 0 Å². The average molecular weight is 456 g/mol. The van der Waals surface area contributed by atoms with E-state index in [0.29, 0.717) is 32.7 Å². The van der Waals surface area contributed by atoms with E-state index in [1.165, 1.54) is 55.6 Å². The van der Waals surface area contributed by atoms with Crippen LogP contribution in [0.15, 0.2) is 30.0 Å². The molecule has 0 bridgehead atoms. The van der Waals surface area contributed by atoms with E-state index in [0.717, 1.165) is 5.69 Å². The van der Waals surface area contributed by atoms with Crippen LogP contribution in [0.3, 0.4) is 0 Å². The Hall–Kier alpha value is -2.72. The van der Waals surface area contributed by atoms with E-state index < -0.39 is 6.93 Å². The second-order valence-electron chi connectivity index (χ2n) is 5.94. The lowest BCUT2D eigenvalue weighted by Gasteiger charge is -2.13. The molecule has 0 aliphatic heterocycles. The SMILES string of the molecule is C1CC1.COc1cnc(Cl)cc1-c1cc(C)ncc1C(=O)Nc1nncs1.FCF. The summed E-state index contributed by atoms with van der Waals surface area (Å²) in [5.74, 6) is 0.166. The highest BCUT2D eigenvalue weighted by atomic mass is 35.5. The van der Waals surface area contributed by atoms with E-state index in [4.69, 9.17) is 16.3 Å². The van der Waals surface area contributed by atoms with Crippen molar-refractivity contribution in [1.82, 2.24) is 20.2 Å². The van der Waals surface area contributed by atoms with Gasteiger partial charge in [0.2, 0.25) is 12.1 Å². The summed E-state index contributed by atoms with van der Waals surface area (Å²) in [6, 6.07) is 3.44. The maximum Gasteiger partial charge on any atom is 0.259 e. The fourth-order valence-corrected chi connectivity index (χ4v) is 2.74. The summed E-state index contributed by atoms with van der Waals surface area (Å²) in [6.45, 7) is 0.0885. The predicted molar refractivity (Wildman–Crippen MR) is 113 cm³/mol. The summed E-state index contributed by atoms with van der Waals surface area (Å²) < 4.78 is 24.6. The number of carbonyl (C=O) groups excluding carboxylic acids is 1. The van der Waals surface area contributed by atoms with Crippen LogP contribution < -0.4 is 10.1 Å². The van der Waals surface area contributed by atoms with Gasteiger partial charge in [0.15, 0.2) is 0 Å². The number of hydrogen-bond donors (Lipinski definition) is 1. The van der Waals surface area contributed by atoms with E-state index in [-0.39, 0.29) is 5.91 Å². The third kappa shape index (κ3) is 7.27. The normalized spacial score (nSPS) is 11.4. The van der Waals surface area contributed by atoms with Crippen molar-refractivity contribution in [3.8, 4) is 16.9 Å². The van der Waals surface area contributed by atoms with Gasteiger partial charge in [-0.15, -0.1) is 10.2 Å². The van der Waals surface area contributed by atoms with Crippen molar-refractivity contribution in [3.05, 3.63) is 46.4 Å². The van der Waals surface area contributed by atoms with Gasteiger partial charge in [-0.05, 0) is 19.1 Å². The van der Waals surface area contributed by atoms with Crippen LogP contribution in [0.2, 0.25) is 5.15 Å². The molecule has 3 aromatic heterocycles. The fraction of sp³-hybridized carbons (Fsp3) is 0.316. The van der Waals surface area contributed by atoms with Crippen molar-refractivity contribution in [2.75, 3.05) is 19.4 Å². The van der Waals surface area contributed by atoms with Gasteiger partial charge in [-0.1, -0.05) is 42.2 Å². The molecule has 4 rings (SSSR count). The first-order valence-corrected chi connectivity index (χ1v) is 10.1. The zero-order chi connectivity index (χ0) is 21.9. The zero-order valence-corrected chi connectivity index (χ0v) is 17.9. The van der Waals surface area contributed by atoms with Gasteiger partial charge in [-0.2, -0.15) is 0 Å². The molecule has 30 heavy (non-hydrogen) atoms. The van der Waals surface area contributed by atoms with Gasteiger partial charge >= 0.3 is 0 Å². The molecule has 0 radical (unpaired) electrons. The van der Waals surface area contributed by atoms with Crippen LogP contribution in [0.4, 0.5) is 13.9 Å². The molecule has 1 aliphatic carbocycles. The van der Waals surface area contributed by atoms with Crippen LogP contribution in [-0.2, 0) is 0 Å². The minimum absolute atomic E-state index is 0.302. The summed E-state index contributed by atoms with van der Waals surface area (Å²) >= 11 is 7.24. The van der Waals surface area contributed by atoms with E-state index in [1.54, 1.807) is 12.1 Å². The molecule has 11 heteroatoms. The Kier molecular flexibility index (Phi) is 9.49. The third-order valence-corrected chi connectivity index (χ3v) is 4.38. The summed E-state index contributed by atoms with van der Waals surface area (Å²) in [4.78, 5) is 20.8. The fourth-order valence-electron chi connectivity index (χ4n) is 2.15. The highest BCUT2D eigenvalue weighted by Gasteiger charge is 2.18. The molecule has 0 saturated heterocycles. The number of halogens is 3. The maximum absolute atomic E-state index is 12.6. The first kappa shape index (κ1) is 23.6. The number of alkyl halides is 2. The predicted octanol–water partition coefficient (Wildman–Crippen LogP) is 5.27. The van der Waals surface area contributed by atoms with Gasteiger partial charge in [0.1, 0.15) is 16.4 Å². The number of ether oxygens (including phenoxy) is 1. The van der Waals surface area contributed by atoms with E-state index in [9.17, 15) is 13.6 Å². The average Bonchev–Trinajstić information content (AvgIpc) is 3.53. The molecule has 7 nitrogen and oxygen atoms in total. The molecule has 1 saturated carbocycles. The Morgan fingerprint density at radius 2 is 1.90 bits per heavy atom. The molecule has 3 aromatic rings. The molecule has 1 N–H and O–H groups in total. The second-order valence-corrected chi connectivity index (χ2v) is 7.16. The molecular weight excluding hydrogens is 436 g/mol. The minimum atomic E-state index is -1.75. The lowest BCUT2D eigenvalue weighted by atomic mass is 10.0. The Bertz CT molecular complexity index is 955. The standard InChI is InChI=1S/C15H12ClN5O2S.C3H6.CH2F2/c1-8-3-9(10-4-13(16)18-6-12(10)23-2)11(5-17-8)14(22)20-15-21-19-7-24-15;1-2-3-1;2-1-3/h3-7H,1-2H3,(H,20,21,22);1-3H2;1H2. The monoisotopic (exact) mass is 455 g/mol. The highest BCUT2D eigenvalue weighted by Crippen LogP contribution is 2.34.